The van der Waals surface area contributed by atoms with Gasteiger partial charge in [-0.2, -0.15) is 0 Å². The van der Waals surface area contributed by atoms with Gasteiger partial charge >= 0.3 is 5.97 Å². The number of pyridine rings is 1. The van der Waals surface area contributed by atoms with Crippen molar-refractivity contribution in [3.8, 4) is 0 Å². The van der Waals surface area contributed by atoms with E-state index in [2.05, 4.69) is 20.3 Å². The zero-order valence-corrected chi connectivity index (χ0v) is 10.7. The molecular formula is C13H14N4O2. The summed E-state index contributed by atoms with van der Waals surface area (Å²) in [5.74, 6) is -0.757. The van der Waals surface area contributed by atoms with Crippen molar-refractivity contribution in [3.05, 3.63) is 47.7 Å². The van der Waals surface area contributed by atoms with Crippen molar-refractivity contribution in [1.82, 2.24) is 15.0 Å². The molecule has 19 heavy (non-hydrogen) atoms. The van der Waals surface area contributed by atoms with E-state index in [0.29, 0.717) is 5.82 Å². The van der Waals surface area contributed by atoms with Gasteiger partial charge in [-0.15, -0.1) is 0 Å². The molecule has 0 fully saturated rings. The normalized spacial score (nSPS) is 11.9. The second-order valence-electron chi connectivity index (χ2n) is 4.19. The van der Waals surface area contributed by atoms with E-state index in [1.807, 2.05) is 26.0 Å². The highest BCUT2D eigenvalue weighted by atomic mass is 16.4. The second-order valence-corrected chi connectivity index (χ2v) is 4.19. The van der Waals surface area contributed by atoms with Gasteiger partial charge in [0.1, 0.15) is 17.7 Å². The van der Waals surface area contributed by atoms with Crippen molar-refractivity contribution in [3.63, 3.8) is 0 Å². The number of carboxylic acid groups (broad SMARTS) is 1. The number of carboxylic acids is 1. The number of hydrogen-bond acceptors (Lipinski definition) is 5. The molecule has 2 N–H and O–H groups in total. The third-order valence-electron chi connectivity index (χ3n) is 2.73. The average molecular weight is 258 g/mol. The van der Waals surface area contributed by atoms with Crippen LogP contribution in [0.25, 0.3) is 0 Å². The van der Waals surface area contributed by atoms with E-state index < -0.39 is 5.97 Å². The molecule has 0 amide bonds. The number of aryl methyl sites for hydroxylation is 1. The Labute approximate surface area is 110 Å². The van der Waals surface area contributed by atoms with Crippen LogP contribution in [-0.4, -0.2) is 26.0 Å². The summed E-state index contributed by atoms with van der Waals surface area (Å²) in [5, 5.41) is 12.1. The average Bonchev–Trinajstić information content (AvgIpc) is 2.39. The number of nitrogens with zero attached hydrogens (tertiary/aromatic N) is 3. The number of carbonyl (C=O) groups is 1. The molecule has 0 saturated heterocycles. The summed E-state index contributed by atoms with van der Waals surface area (Å²) in [4.78, 5) is 22.9. The molecule has 2 aromatic heterocycles. The SMILES string of the molecule is Cc1ccc([C@H](C)Nc2ncncc2C(=O)O)cn1. The van der Waals surface area contributed by atoms with Crippen molar-refractivity contribution in [2.45, 2.75) is 19.9 Å². The summed E-state index contributed by atoms with van der Waals surface area (Å²) in [6.45, 7) is 3.83. The quantitative estimate of drug-likeness (QED) is 0.872. The zero-order valence-electron chi connectivity index (χ0n) is 10.7. The fourth-order valence-electron chi connectivity index (χ4n) is 1.62. The predicted molar refractivity (Wildman–Crippen MR) is 70.0 cm³/mol. The second kappa shape index (κ2) is 5.43. The van der Waals surface area contributed by atoms with Crippen LogP contribution in [0.3, 0.4) is 0 Å². The van der Waals surface area contributed by atoms with Crippen LogP contribution in [0.1, 0.15) is 34.6 Å². The molecular weight excluding hydrogens is 244 g/mol. The first kappa shape index (κ1) is 12.9. The van der Waals surface area contributed by atoms with Gasteiger partial charge in [0.15, 0.2) is 0 Å². The fourth-order valence-corrected chi connectivity index (χ4v) is 1.62. The Kier molecular flexibility index (Phi) is 3.70. The first-order valence-corrected chi connectivity index (χ1v) is 5.80. The number of hydrogen-bond donors (Lipinski definition) is 2. The lowest BCUT2D eigenvalue weighted by molar-refractivity contribution is 0.0697. The van der Waals surface area contributed by atoms with Crippen LogP contribution in [0.4, 0.5) is 5.82 Å². The van der Waals surface area contributed by atoms with Gasteiger partial charge in [-0.25, -0.2) is 14.8 Å². The molecule has 0 saturated carbocycles. The van der Waals surface area contributed by atoms with E-state index >= 15 is 0 Å². The molecule has 6 nitrogen and oxygen atoms in total. The van der Waals surface area contributed by atoms with Gasteiger partial charge < -0.3 is 10.4 Å². The maximum Gasteiger partial charge on any atom is 0.341 e. The maximum atomic E-state index is 11.1. The molecule has 0 aliphatic rings. The van der Waals surface area contributed by atoms with Crippen LogP contribution in [-0.2, 0) is 0 Å². The van der Waals surface area contributed by atoms with E-state index in [1.165, 1.54) is 12.5 Å². The van der Waals surface area contributed by atoms with E-state index in [4.69, 9.17) is 5.11 Å². The zero-order chi connectivity index (χ0) is 13.8. The number of anilines is 1. The Bertz CT molecular complexity index is 583. The third-order valence-corrected chi connectivity index (χ3v) is 2.73. The summed E-state index contributed by atoms with van der Waals surface area (Å²) in [6, 6.07) is 3.76. The van der Waals surface area contributed by atoms with Gasteiger partial charge in [0.2, 0.25) is 0 Å². The van der Waals surface area contributed by atoms with Crippen molar-refractivity contribution in [2.24, 2.45) is 0 Å². The van der Waals surface area contributed by atoms with Gasteiger partial charge in [-0.3, -0.25) is 4.98 Å². The molecule has 0 aliphatic carbocycles. The number of aromatic carboxylic acids is 1. The first-order chi connectivity index (χ1) is 9.08. The lowest BCUT2D eigenvalue weighted by Crippen LogP contribution is -2.12. The largest absolute Gasteiger partial charge is 0.477 e. The molecule has 2 aromatic rings. The fraction of sp³-hybridized carbons (Fsp3) is 0.231. The minimum absolute atomic E-state index is 0.0504. The van der Waals surface area contributed by atoms with Crippen molar-refractivity contribution in [1.29, 1.82) is 0 Å². The number of nitrogens with one attached hydrogen (secondary N) is 1. The number of aromatic nitrogens is 3. The molecule has 0 unspecified atom stereocenters. The summed E-state index contributed by atoms with van der Waals surface area (Å²) < 4.78 is 0. The number of rotatable bonds is 4. The van der Waals surface area contributed by atoms with Crippen LogP contribution in [0.15, 0.2) is 30.9 Å². The van der Waals surface area contributed by atoms with Gasteiger partial charge in [-0.1, -0.05) is 6.07 Å². The van der Waals surface area contributed by atoms with Crippen molar-refractivity contribution in [2.75, 3.05) is 5.32 Å². The van der Waals surface area contributed by atoms with Crippen LogP contribution < -0.4 is 5.32 Å². The highest BCUT2D eigenvalue weighted by molar-refractivity contribution is 5.92. The first-order valence-electron chi connectivity index (χ1n) is 5.80. The van der Waals surface area contributed by atoms with Crippen molar-refractivity contribution < 1.29 is 9.90 Å². The molecule has 2 rings (SSSR count). The van der Waals surface area contributed by atoms with E-state index in [9.17, 15) is 4.79 Å². The lowest BCUT2D eigenvalue weighted by Gasteiger charge is -2.15. The molecule has 6 heteroatoms. The molecule has 0 aliphatic heterocycles. The van der Waals surface area contributed by atoms with E-state index in [0.717, 1.165) is 11.3 Å². The molecule has 2 heterocycles. The summed E-state index contributed by atoms with van der Waals surface area (Å²) in [6.07, 6.45) is 4.35. The van der Waals surface area contributed by atoms with Crippen LogP contribution in [0.5, 0.6) is 0 Å². The van der Waals surface area contributed by atoms with Gasteiger partial charge in [0.25, 0.3) is 0 Å². The highest BCUT2D eigenvalue weighted by Crippen LogP contribution is 2.19. The van der Waals surface area contributed by atoms with E-state index in [-0.39, 0.29) is 11.6 Å². The Morgan fingerprint density at radius 2 is 2.11 bits per heavy atom. The van der Waals surface area contributed by atoms with Gasteiger partial charge in [0, 0.05) is 18.1 Å². The molecule has 1 atom stereocenters. The van der Waals surface area contributed by atoms with Crippen LogP contribution in [0.2, 0.25) is 0 Å². The Balaban J connectivity index is 2.21. The summed E-state index contributed by atoms with van der Waals surface area (Å²) in [7, 11) is 0. The monoisotopic (exact) mass is 258 g/mol. The van der Waals surface area contributed by atoms with Crippen LogP contribution in [0, 0.1) is 6.92 Å². The summed E-state index contributed by atoms with van der Waals surface area (Å²) in [5.41, 5.74) is 1.94. The van der Waals surface area contributed by atoms with E-state index in [1.54, 1.807) is 6.20 Å². The predicted octanol–water partition coefficient (Wildman–Crippen LogP) is 2.05. The van der Waals surface area contributed by atoms with Gasteiger partial charge in [-0.05, 0) is 25.5 Å². The lowest BCUT2D eigenvalue weighted by atomic mass is 10.1. The standard InChI is InChI=1S/C13H14N4O2/c1-8-3-4-10(5-15-8)9(2)17-12-11(13(18)19)6-14-7-16-12/h3-7,9H,1-2H3,(H,18,19)(H,14,16,17)/t9-/m0/s1. The minimum atomic E-state index is -1.06. The maximum absolute atomic E-state index is 11.1. The molecule has 0 radical (unpaired) electrons. The molecule has 0 spiro atoms. The minimum Gasteiger partial charge on any atom is -0.477 e. The summed E-state index contributed by atoms with van der Waals surface area (Å²) >= 11 is 0. The highest BCUT2D eigenvalue weighted by Gasteiger charge is 2.14. The smallest absolute Gasteiger partial charge is 0.341 e. The van der Waals surface area contributed by atoms with Gasteiger partial charge in [0.05, 0.1) is 6.04 Å². The van der Waals surface area contributed by atoms with Crippen molar-refractivity contribution >= 4 is 11.8 Å². The molecule has 98 valence electrons. The Hall–Kier alpha value is -2.50. The Morgan fingerprint density at radius 3 is 2.74 bits per heavy atom. The third kappa shape index (κ3) is 3.04. The molecule has 0 aromatic carbocycles. The molecule has 0 bridgehead atoms. The van der Waals surface area contributed by atoms with Crippen LogP contribution >= 0.6 is 0 Å². The topological polar surface area (TPSA) is 88.0 Å². The Morgan fingerprint density at radius 1 is 1.32 bits per heavy atom.